The van der Waals surface area contributed by atoms with E-state index in [-0.39, 0.29) is 5.78 Å². The molecule has 1 nitrogen and oxygen atoms in total. The van der Waals surface area contributed by atoms with E-state index in [0.29, 0.717) is 23.1 Å². The van der Waals surface area contributed by atoms with Gasteiger partial charge < -0.3 is 0 Å². The Balaban J connectivity index is 1.97. The highest BCUT2D eigenvalue weighted by Gasteiger charge is 2.21. The van der Waals surface area contributed by atoms with Gasteiger partial charge in [0, 0.05) is 11.1 Å². The summed E-state index contributed by atoms with van der Waals surface area (Å²) in [5.41, 5.74) is 2.88. The number of hydrogen-bond donors (Lipinski definition) is 0. The fourth-order valence-corrected chi connectivity index (χ4v) is 2.46. The first-order chi connectivity index (χ1) is 9.65. The van der Waals surface area contributed by atoms with Crippen molar-refractivity contribution >= 4 is 11.9 Å². The minimum absolute atomic E-state index is 0.0309. The van der Waals surface area contributed by atoms with Gasteiger partial charge in [0.15, 0.2) is 17.4 Å². The second-order valence-electron chi connectivity index (χ2n) is 4.83. The van der Waals surface area contributed by atoms with Crippen molar-refractivity contribution in [3.8, 4) is 0 Å². The van der Waals surface area contributed by atoms with Gasteiger partial charge in [-0.15, -0.1) is 0 Å². The molecule has 0 aromatic heterocycles. The van der Waals surface area contributed by atoms with E-state index in [1.807, 2.05) is 18.2 Å². The summed E-state index contributed by atoms with van der Waals surface area (Å²) in [6.45, 7) is 0. The molecule has 3 heteroatoms. The number of ketones is 1. The van der Waals surface area contributed by atoms with Crippen LogP contribution in [0.2, 0.25) is 0 Å². The Morgan fingerprint density at radius 2 is 1.75 bits per heavy atom. The van der Waals surface area contributed by atoms with Crippen LogP contribution in [0.1, 0.15) is 27.9 Å². The number of benzene rings is 2. The Hall–Kier alpha value is -2.29. The van der Waals surface area contributed by atoms with E-state index < -0.39 is 11.6 Å². The largest absolute Gasteiger partial charge is 0.289 e. The molecule has 0 amide bonds. The number of Topliss-reactive ketones (excluding diaryl/α,β-unsaturated/α-hetero) is 1. The Morgan fingerprint density at radius 1 is 0.950 bits per heavy atom. The summed E-state index contributed by atoms with van der Waals surface area (Å²) < 4.78 is 26.1. The highest BCUT2D eigenvalue weighted by Crippen LogP contribution is 2.26. The normalized spacial score (nSPS) is 16.3. The van der Waals surface area contributed by atoms with Gasteiger partial charge in [0.1, 0.15) is 0 Å². The molecule has 0 fully saturated rings. The average Bonchev–Trinajstić information content (AvgIpc) is 2.46. The molecule has 0 bridgehead atoms. The van der Waals surface area contributed by atoms with Crippen LogP contribution in [0, 0.1) is 11.6 Å². The summed E-state index contributed by atoms with van der Waals surface area (Å²) in [5.74, 6) is -1.81. The smallest absolute Gasteiger partial charge is 0.189 e. The number of carbonyl (C=O) groups is 1. The van der Waals surface area contributed by atoms with E-state index in [0.717, 1.165) is 24.1 Å². The Labute approximate surface area is 115 Å². The second kappa shape index (κ2) is 5.00. The third-order valence-electron chi connectivity index (χ3n) is 3.50. The lowest BCUT2D eigenvalue weighted by Gasteiger charge is -2.17. The van der Waals surface area contributed by atoms with Crippen LogP contribution in [0.15, 0.2) is 48.0 Å². The minimum atomic E-state index is -0.900. The van der Waals surface area contributed by atoms with Gasteiger partial charge in [-0.25, -0.2) is 8.78 Å². The summed E-state index contributed by atoms with van der Waals surface area (Å²) >= 11 is 0. The Morgan fingerprint density at radius 3 is 2.55 bits per heavy atom. The zero-order chi connectivity index (χ0) is 14.1. The summed E-state index contributed by atoms with van der Waals surface area (Å²) in [6.07, 6.45) is 3.05. The minimum Gasteiger partial charge on any atom is -0.289 e. The van der Waals surface area contributed by atoms with Crippen LogP contribution in [-0.4, -0.2) is 5.78 Å². The zero-order valence-corrected chi connectivity index (χ0v) is 10.7. The third-order valence-corrected chi connectivity index (χ3v) is 3.50. The average molecular weight is 270 g/mol. The van der Waals surface area contributed by atoms with E-state index in [1.54, 1.807) is 12.1 Å². The van der Waals surface area contributed by atoms with E-state index >= 15 is 0 Å². The first-order valence-electron chi connectivity index (χ1n) is 6.43. The fraction of sp³-hybridized carbons (Fsp3) is 0.118. The predicted octanol–water partition coefficient (Wildman–Crippen LogP) is 4.18. The van der Waals surface area contributed by atoms with Crippen LogP contribution >= 0.6 is 0 Å². The fourth-order valence-electron chi connectivity index (χ4n) is 2.46. The van der Waals surface area contributed by atoms with Crippen LogP contribution < -0.4 is 0 Å². The van der Waals surface area contributed by atoms with Crippen LogP contribution in [0.3, 0.4) is 0 Å². The molecular formula is C17H12F2O. The van der Waals surface area contributed by atoms with Crippen molar-refractivity contribution < 1.29 is 13.6 Å². The van der Waals surface area contributed by atoms with Gasteiger partial charge in [0.05, 0.1) is 0 Å². The van der Waals surface area contributed by atoms with Gasteiger partial charge in [-0.2, -0.15) is 0 Å². The van der Waals surface area contributed by atoms with Gasteiger partial charge >= 0.3 is 0 Å². The topological polar surface area (TPSA) is 17.1 Å². The second-order valence-corrected chi connectivity index (χ2v) is 4.83. The molecular weight excluding hydrogens is 258 g/mol. The molecule has 100 valence electrons. The Bertz CT molecular complexity index is 717. The van der Waals surface area contributed by atoms with Crippen molar-refractivity contribution in [1.82, 2.24) is 0 Å². The third kappa shape index (κ3) is 2.27. The summed E-state index contributed by atoms with van der Waals surface area (Å²) in [6, 6.07) is 11.1. The van der Waals surface area contributed by atoms with Crippen molar-refractivity contribution in [3.63, 3.8) is 0 Å². The molecule has 0 aliphatic heterocycles. The quantitative estimate of drug-likeness (QED) is 0.710. The molecule has 20 heavy (non-hydrogen) atoms. The molecule has 0 saturated heterocycles. The van der Waals surface area contributed by atoms with Crippen molar-refractivity contribution in [2.75, 3.05) is 0 Å². The lowest BCUT2D eigenvalue weighted by Crippen LogP contribution is -2.13. The highest BCUT2D eigenvalue weighted by molar-refractivity contribution is 6.13. The number of carbonyl (C=O) groups excluding carboxylic acids is 1. The van der Waals surface area contributed by atoms with E-state index in [2.05, 4.69) is 0 Å². The first-order valence-corrected chi connectivity index (χ1v) is 6.43. The number of halogens is 2. The summed E-state index contributed by atoms with van der Waals surface area (Å²) in [5, 5.41) is 0. The van der Waals surface area contributed by atoms with Crippen molar-refractivity contribution in [3.05, 3.63) is 76.4 Å². The maximum Gasteiger partial charge on any atom is 0.189 e. The molecule has 0 radical (unpaired) electrons. The molecule has 1 aliphatic rings. The molecule has 0 heterocycles. The lowest BCUT2D eigenvalue weighted by molar-refractivity contribution is 0.102. The zero-order valence-electron chi connectivity index (χ0n) is 10.7. The monoisotopic (exact) mass is 270 g/mol. The van der Waals surface area contributed by atoms with Crippen LogP contribution in [0.5, 0.6) is 0 Å². The lowest BCUT2D eigenvalue weighted by atomic mass is 9.86. The number of aryl methyl sites for hydroxylation is 1. The van der Waals surface area contributed by atoms with Crippen molar-refractivity contribution in [1.29, 1.82) is 0 Å². The maximum absolute atomic E-state index is 13.2. The van der Waals surface area contributed by atoms with Gasteiger partial charge in [-0.3, -0.25) is 4.79 Å². The molecule has 1 aliphatic carbocycles. The van der Waals surface area contributed by atoms with Crippen molar-refractivity contribution in [2.45, 2.75) is 12.8 Å². The van der Waals surface area contributed by atoms with Crippen LogP contribution in [0.4, 0.5) is 8.78 Å². The molecule has 2 aromatic carbocycles. The number of hydrogen-bond acceptors (Lipinski definition) is 1. The Kier molecular flexibility index (Phi) is 3.18. The maximum atomic E-state index is 13.2. The molecule has 0 spiro atoms. The van der Waals surface area contributed by atoms with Gasteiger partial charge in [0.25, 0.3) is 0 Å². The molecule has 0 N–H and O–H groups in total. The predicted molar refractivity (Wildman–Crippen MR) is 73.4 cm³/mol. The molecule has 0 atom stereocenters. The van der Waals surface area contributed by atoms with Gasteiger partial charge in [-0.1, -0.05) is 30.3 Å². The molecule has 0 unspecified atom stereocenters. The highest BCUT2D eigenvalue weighted by atomic mass is 19.2. The SMILES string of the molecule is O=C1C(=Cc2ccc(F)c(F)c2)CCc2ccccc21. The number of fused-ring (bicyclic) bond motifs is 1. The standard InChI is InChI=1S/C17H12F2O/c18-15-8-5-11(10-16(15)19)9-13-7-6-12-3-1-2-4-14(12)17(13)20/h1-5,8-10H,6-7H2. The molecule has 3 rings (SSSR count). The summed E-state index contributed by atoms with van der Waals surface area (Å²) in [4.78, 5) is 12.3. The van der Waals surface area contributed by atoms with E-state index in [4.69, 9.17) is 0 Å². The van der Waals surface area contributed by atoms with Gasteiger partial charge in [0.2, 0.25) is 0 Å². The van der Waals surface area contributed by atoms with Crippen molar-refractivity contribution in [2.24, 2.45) is 0 Å². The van der Waals surface area contributed by atoms with E-state index in [9.17, 15) is 13.6 Å². The van der Waals surface area contributed by atoms with Crippen LogP contribution in [-0.2, 0) is 6.42 Å². The molecule has 2 aromatic rings. The van der Waals surface area contributed by atoms with Gasteiger partial charge in [-0.05, 0) is 42.2 Å². The number of rotatable bonds is 1. The first kappa shape index (κ1) is 12.7. The number of allylic oxidation sites excluding steroid dienone is 1. The van der Waals surface area contributed by atoms with Crippen LogP contribution in [0.25, 0.3) is 6.08 Å². The van der Waals surface area contributed by atoms with E-state index in [1.165, 1.54) is 6.07 Å². The molecule has 0 saturated carbocycles. The summed E-state index contributed by atoms with van der Waals surface area (Å²) in [7, 11) is 0.